The second-order valence-electron chi connectivity index (χ2n) is 3.37. The van der Waals surface area contributed by atoms with Gasteiger partial charge in [0.1, 0.15) is 5.82 Å². The van der Waals surface area contributed by atoms with Crippen molar-refractivity contribution < 1.29 is 0 Å². The van der Waals surface area contributed by atoms with E-state index in [0.717, 1.165) is 11.4 Å². The molecule has 0 spiro atoms. The highest BCUT2D eigenvalue weighted by atomic mass is 35.5. The lowest BCUT2D eigenvalue weighted by atomic mass is 10.1. The first-order chi connectivity index (χ1) is 7.75. The number of rotatable bonds is 3. The van der Waals surface area contributed by atoms with E-state index in [1.807, 2.05) is 19.2 Å². The first kappa shape index (κ1) is 10.8. The Morgan fingerprint density at radius 1 is 1.31 bits per heavy atom. The van der Waals surface area contributed by atoms with Gasteiger partial charge in [-0.1, -0.05) is 0 Å². The molecule has 0 aliphatic carbocycles. The van der Waals surface area contributed by atoms with Crippen LogP contribution in [0.3, 0.4) is 0 Å². The van der Waals surface area contributed by atoms with Gasteiger partial charge in [-0.3, -0.25) is 4.98 Å². The zero-order valence-corrected chi connectivity index (χ0v) is 9.57. The van der Waals surface area contributed by atoms with Crippen LogP contribution in [0.1, 0.15) is 11.1 Å². The van der Waals surface area contributed by atoms with Gasteiger partial charge in [0.05, 0.1) is 0 Å². The lowest BCUT2D eigenvalue weighted by Crippen LogP contribution is -2.03. The molecule has 5 heteroatoms. The molecule has 4 nitrogen and oxygen atoms in total. The average Bonchev–Trinajstić information content (AvgIpc) is 2.28. The zero-order chi connectivity index (χ0) is 11.4. The molecule has 0 fully saturated rings. The van der Waals surface area contributed by atoms with Crippen LogP contribution in [-0.4, -0.2) is 15.0 Å². The summed E-state index contributed by atoms with van der Waals surface area (Å²) in [4.78, 5) is 11.9. The van der Waals surface area contributed by atoms with Gasteiger partial charge in [0.2, 0.25) is 5.28 Å². The minimum Gasteiger partial charge on any atom is -0.366 e. The lowest BCUT2D eigenvalue weighted by molar-refractivity contribution is 1.05. The molecule has 0 bridgehead atoms. The topological polar surface area (TPSA) is 50.7 Å². The molecular formula is C11H11ClN4. The summed E-state index contributed by atoms with van der Waals surface area (Å²) in [6.07, 6.45) is 5.23. The van der Waals surface area contributed by atoms with Gasteiger partial charge < -0.3 is 5.32 Å². The number of anilines is 1. The normalized spacial score (nSPS) is 10.1. The van der Waals surface area contributed by atoms with E-state index >= 15 is 0 Å². The van der Waals surface area contributed by atoms with Crippen LogP contribution in [0, 0.1) is 6.92 Å². The van der Waals surface area contributed by atoms with E-state index in [1.54, 1.807) is 18.5 Å². The van der Waals surface area contributed by atoms with Gasteiger partial charge in [0.25, 0.3) is 0 Å². The molecule has 0 amide bonds. The second-order valence-corrected chi connectivity index (χ2v) is 3.70. The van der Waals surface area contributed by atoms with Crippen molar-refractivity contribution in [2.75, 3.05) is 5.32 Å². The Balaban J connectivity index is 2.05. The largest absolute Gasteiger partial charge is 0.366 e. The molecule has 0 radical (unpaired) electrons. The Morgan fingerprint density at radius 2 is 2.19 bits per heavy atom. The van der Waals surface area contributed by atoms with Crippen LogP contribution in [-0.2, 0) is 6.54 Å². The van der Waals surface area contributed by atoms with Gasteiger partial charge in [0.15, 0.2) is 0 Å². The van der Waals surface area contributed by atoms with Crippen LogP contribution in [0.4, 0.5) is 5.82 Å². The van der Waals surface area contributed by atoms with E-state index in [1.165, 1.54) is 5.56 Å². The van der Waals surface area contributed by atoms with Crippen molar-refractivity contribution >= 4 is 17.4 Å². The third kappa shape index (κ3) is 2.67. The molecule has 0 aliphatic rings. The summed E-state index contributed by atoms with van der Waals surface area (Å²) < 4.78 is 0. The Labute approximate surface area is 98.7 Å². The Bertz CT molecular complexity index is 487. The van der Waals surface area contributed by atoms with Gasteiger partial charge in [-0.15, -0.1) is 0 Å². The summed E-state index contributed by atoms with van der Waals surface area (Å²) >= 11 is 5.69. The standard InChI is InChI=1S/C11H11ClN4/c1-8-6-13-4-2-9(8)7-15-10-3-5-14-11(12)16-10/h2-6H,7H2,1H3,(H,14,15,16). The van der Waals surface area contributed by atoms with Crippen LogP contribution in [0.2, 0.25) is 5.28 Å². The Morgan fingerprint density at radius 3 is 2.94 bits per heavy atom. The van der Waals surface area contributed by atoms with E-state index < -0.39 is 0 Å². The molecule has 2 aromatic heterocycles. The van der Waals surface area contributed by atoms with Crippen molar-refractivity contribution in [3.05, 3.63) is 47.1 Å². The molecule has 16 heavy (non-hydrogen) atoms. The number of aryl methyl sites for hydroxylation is 1. The second kappa shape index (κ2) is 4.90. The van der Waals surface area contributed by atoms with Gasteiger partial charge in [0, 0.05) is 25.1 Å². The molecule has 0 aromatic carbocycles. The van der Waals surface area contributed by atoms with Gasteiger partial charge in [-0.05, 0) is 41.8 Å². The maximum absolute atomic E-state index is 5.69. The van der Waals surface area contributed by atoms with Crippen LogP contribution in [0.25, 0.3) is 0 Å². The number of hydrogen-bond donors (Lipinski definition) is 1. The number of nitrogens with zero attached hydrogens (tertiary/aromatic N) is 3. The molecule has 2 rings (SSSR count). The van der Waals surface area contributed by atoms with Crippen LogP contribution in [0.5, 0.6) is 0 Å². The minimum atomic E-state index is 0.247. The lowest BCUT2D eigenvalue weighted by Gasteiger charge is -2.07. The number of halogens is 1. The highest BCUT2D eigenvalue weighted by molar-refractivity contribution is 6.28. The van der Waals surface area contributed by atoms with Crippen molar-refractivity contribution in [2.24, 2.45) is 0 Å². The Hall–Kier alpha value is -1.68. The number of hydrogen-bond acceptors (Lipinski definition) is 4. The molecule has 0 atom stereocenters. The fourth-order valence-electron chi connectivity index (χ4n) is 1.32. The Kier molecular flexibility index (Phi) is 3.31. The summed E-state index contributed by atoms with van der Waals surface area (Å²) in [5.41, 5.74) is 2.33. The van der Waals surface area contributed by atoms with E-state index in [2.05, 4.69) is 20.3 Å². The first-order valence-electron chi connectivity index (χ1n) is 4.87. The molecule has 0 unspecified atom stereocenters. The number of pyridine rings is 1. The predicted octanol–water partition coefficient (Wildman–Crippen LogP) is 2.45. The maximum Gasteiger partial charge on any atom is 0.224 e. The van der Waals surface area contributed by atoms with Crippen molar-refractivity contribution in [2.45, 2.75) is 13.5 Å². The molecule has 2 aromatic rings. The fraction of sp³-hybridized carbons (Fsp3) is 0.182. The smallest absolute Gasteiger partial charge is 0.224 e. The van der Waals surface area contributed by atoms with Gasteiger partial charge >= 0.3 is 0 Å². The first-order valence-corrected chi connectivity index (χ1v) is 5.25. The maximum atomic E-state index is 5.69. The predicted molar refractivity (Wildman–Crippen MR) is 63.3 cm³/mol. The van der Waals surface area contributed by atoms with Crippen molar-refractivity contribution in [1.82, 2.24) is 15.0 Å². The monoisotopic (exact) mass is 234 g/mol. The highest BCUT2D eigenvalue weighted by Crippen LogP contribution is 2.10. The fourth-order valence-corrected chi connectivity index (χ4v) is 1.47. The zero-order valence-electron chi connectivity index (χ0n) is 8.81. The molecule has 0 saturated heterocycles. The quantitative estimate of drug-likeness (QED) is 0.829. The molecular weight excluding hydrogens is 224 g/mol. The van der Waals surface area contributed by atoms with E-state index in [4.69, 9.17) is 11.6 Å². The molecule has 82 valence electrons. The minimum absolute atomic E-state index is 0.247. The third-order valence-electron chi connectivity index (χ3n) is 2.22. The van der Waals surface area contributed by atoms with Crippen molar-refractivity contribution in [3.63, 3.8) is 0 Å². The van der Waals surface area contributed by atoms with Gasteiger partial charge in [-0.2, -0.15) is 0 Å². The average molecular weight is 235 g/mol. The van der Waals surface area contributed by atoms with Gasteiger partial charge in [-0.25, -0.2) is 9.97 Å². The van der Waals surface area contributed by atoms with E-state index in [-0.39, 0.29) is 5.28 Å². The van der Waals surface area contributed by atoms with E-state index in [0.29, 0.717) is 6.54 Å². The number of nitrogens with one attached hydrogen (secondary N) is 1. The molecule has 0 aliphatic heterocycles. The van der Waals surface area contributed by atoms with Crippen LogP contribution < -0.4 is 5.32 Å². The highest BCUT2D eigenvalue weighted by Gasteiger charge is 1.99. The van der Waals surface area contributed by atoms with E-state index in [9.17, 15) is 0 Å². The third-order valence-corrected chi connectivity index (χ3v) is 2.40. The van der Waals surface area contributed by atoms with Crippen LogP contribution in [0.15, 0.2) is 30.7 Å². The summed E-state index contributed by atoms with van der Waals surface area (Å²) in [7, 11) is 0. The molecule has 0 saturated carbocycles. The summed E-state index contributed by atoms with van der Waals surface area (Å²) in [5, 5.41) is 3.43. The summed E-state index contributed by atoms with van der Waals surface area (Å²) in [6.45, 7) is 2.72. The summed E-state index contributed by atoms with van der Waals surface area (Å²) in [5.74, 6) is 0.719. The SMILES string of the molecule is Cc1cnccc1CNc1ccnc(Cl)n1. The summed E-state index contributed by atoms with van der Waals surface area (Å²) in [6, 6.07) is 3.76. The number of aromatic nitrogens is 3. The van der Waals surface area contributed by atoms with Crippen molar-refractivity contribution in [3.8, 4) is 0 Å². The molecule has 2 heterocycles. The van der Waals surface area contributed by atoms with Crippen LogP contribution >= 0.6 is 11.6 Å². The van der Waals surface area contributed by atoms with Crippen molar-refractivity contribution in [1.29, 1.82) is 0 Å². The molecule has 1 N–H and O–H groups in total.